The highest BCUT2D eigenvalue weighted by atomic mass is 32.2. The molecule has 2 aromatic carbocycles. The summed E-state index contributed by atoms with van der Waals surface area (Å²) in [4.78, 5) is 4.64. The molecule has 0 aliphatic rings. The summed E-state index contributed by atoms with van der Waals surface area (Å²) in [6, 6.07) is 17.7. The second-order valence-electron chi connectivity index (χ2n) is 7.09. The van der Waals surface area contributed by atoms with Crippen LogP contribution in [0.25, 0.3) is 11.5 Å². The number of ether oxygens (including phenoxy) is 2. The van der Waals surface area contributed by atoms with Gasteiger partial charge in [0.2, 0.25) is 5.89 Å². The molecule has 0 N–H and O–H groups in total. The van der Waals surface area contributed by atoms with Crippen LogP contribution in [0.3, 0.4) is 0 Å². The Labute approximate surface area is 197 Å². The Balaban J connectivity index is 1.74. The molecule has 0 spiro atoms. The van der Waals surface area contributed by atoms with Gasteiger partial charge in [0.1, 0.15) is 27.2 Å². The van der Waals surface area contributed by atoms with E-state index < -0.39 is 10.0 Å². The van der Waals surface area contributed by atoms with Crippen LogP contribution >= 0.6 is 11.3 Å². The third kappa shape index (κ3) is 4.74. The van der Waals surface area contributed by atoms with Gasteiger partial charge in [0.05, 0.1) is 31.5 Å². The predicted octanol–water partition coefficient (Wildman–Crippen LogP) is 5.51. The molecule has 4 aromatic rings. The van der Waals surface area contributed by atoms with E-state index in [2.05, 4.69) is 4.98 Å². The molecule has 172 valence electrons. The van der Waals surface area contributed by atoms with Gasteiger partial charge in [0.25, 0.3) is 10.0 Å². The third-order valence-electron chi connectivity index (χ3n) is 5.00. The first-order valence-electron chi connectivity index (χ1n) is 10.3. The van der Waals surface area contributed by atoms with Gasteiger partial charge in [0, 0.05) is 0 Å². The lowest BCUT2D eigenvalue weighted by atomic mass is 10.2. The van der Waals surface area contributed by atoms with Crippen LogP contribution in [0.2, 0.25) is 0 Å². The number of hydrogen-bond acceptors (Lipinski definition) is 7. The van der Waals surface area contributed by atoms with E-state index in [9.17, 15) is 8.42 Å². The van der Waals surface area contributed by atoms with Crippen molar-refractivity contribution in [1.29, 1.82) is 0 Å². The summed E-state index contributed by atoms with van der Waals surface area (Å²) < 4.78 is 45.5. The summed E-state index contributed by atoms with van der Waals surface area (Å²) in [7, 11) is -2.25. The van der Waals surface area contributed by atoms with E-state index in [0.717, 1.165) is 0 Å². The Morgan fingerprint density at radius 3 is 2.48 bits per heavy atom. The molecule has 0 aliphatic heterocycles. The minimum absolute atomic E-state index is 0.0126. The SMILES string of the molecule is CCOc1ccccc1-c1nc(CN(c2ccc(OC)cc2)S(=O)(=O)c2cccs2)c(C)o1. The van der Waals surface area contributed by atoms with Gasteiger partial charge in [-0.2, -0.15) is 0 Å². The van der Waals surface area contributed by atoms with Crippen molar-refractivity contribution in [2.75, 3.05) is 18.0 Å². The highest BCUT2D eigenvalue weighted by Crippen LogP contribution is 2.33. The monoisotopic (exact) mass is 484 g/mol. The van der Waals surface area contributed by atoms with Crippen molar-refractivity contribution in [2.45, 2.75) is 24.6 Å². The normalized spacial score (nSPS) is 11.4. The van der Waals surface area contributed by atoms with Gasteiger partial charge in [-0.05, 0) is 61.7 Å². The number of hydrogen-bond donors (Lipinski definition) is 0. The number of para-hydroxylation sites is 1. The number of anilines is 1. The molecule has 0 saturated heterocycles. The molecule has 0 fully saturated rings. The molecule has 0 atom stereocenters. The molecule has 0 radical (unpaired) electrons. The minimum atomic E-state index is -3.81. The minimum Gasteiger partial charge on any atom is -0.497 e. The lowest BCUT2D eigenvalue weighted by molar-refractivity contribution is 0.340. The number of aryl methyl sites for hydroxylation is 1. The maximum atomic E-state index is 13.5. The number of thiophene rings is 1. The fourth-order valence-corrected chi connectivity index (χ4v) is 5.86. The molecule has 7 nitrogen and oxygen atoms in total. The zero-order valence-corrected chi connectivity index (χ0v) is 20.2. The second kappa shape index (κ2) is 9.68. The first kappa shape index (κ1) is 22.9. The standard InChI is InChI=1S/C24H24N2O5S2/c1-4-30-22-9-6-5-8-20(22)24-25-21(17(2)31-24)16-26(18-11-13-19(29-3)14-12-18)33(27,28)23-10-7-15-32-23/h5-15H,4,16H2,1-3H3. The number of methoxy groups -OCH3 is 1. The summed E-state index contributed by atoms with van der Waals surface area (Å²) >= 11 is 1.17. The fraction of sp³-hybridized carbons (Fsp3) is 0.208. The van der Waals surface area contributed by atoms with Crippen molar-refractivity contribution in [3.05, 3.63) is 77.5 Å². The Kier molecular flexibility index (Phi) is 6.71. The van der Waals surface area contributed by atoms with E-state index >= 15 is 0 Å². The van der Waals surface area contributed by atoms with Crippen molar-refractivity contribution in [3.8, 4) is 23.0 Å². The first-order chi connectivity index (χ1) is 15.9. The summed E-state index contributed by atoms with van der Waals surface area (Å²) in [5.41, 5.74) is 1.74. The molecule has 9 heteroatoms. The number of nitrogens with zero attached hydrogens (tertiary/aromatic N) is 2. The van der Waals surface area contributed by atoms with Gasteiger partial charge in [0.15, 0.2) is 0 Å². The molecule has 0 aliphatic carbocycles. The van der Waals surface area contributed by atoms with Crippen LogP contribution in [0, 0.1) is 6.92 Å². The summed E-state index contributed by atoms with van der Waals surface area (Å²) in [6.07, 6.45) is 0. The summed E-state index contributed by atoms with van der Waals surface area (Å²) in [6.45, 7) is 4.21. The molecule has 33 heavy (non-hydrogen) atoms. The van der Waals surface area contributed by atoms with Crippen LogP contribution in [0.5, 0.6) is 11.5 Å². The maximum Gasteiger partial charge on any atom is 0.274 e. The second-order valence-corrected chi connectivity index (χ2v) is 10.1. The van der Waals surface area contributed by atoms with Gasteiger partial charge in [-0.25, -0.2) is 13.4 Å². The molecule has 0 saturated carbocycles. The van der Waals surface area contributed by atoms with Gasteiger partial charge in [-0.3, -0.25) is 4.31 Å². The van der Waals surface area contributed by atoms with Crippen molar-refractivity contribution in [2.24, 2.45) is 0 Å². The first-order valence-corrected chi connectivity index (χ1v) is 12.6. The topological polar surface area (TPSA) is 81.9 Å². The summed E-state index contributed by atoms with van der Waals surface area (Å²) in [5.74, 6) is 2.22. The van der Waals surface area contributed by atoms with Crippen molar-refractivity contribution in [3.63, 3.8) is 0 Å². The van der Waals surface area contributed by atoms with Crippen LogP contribution < -0.4 is 13.8 Å². The Morgan fingerprint density at radius 1 is 1.06 bits per heavy atom. The van der Waals surface area contributed by atoms with Crippen LogP contribution in [0.4, 0.5) is 5.69 Å². The van der Waals surface area contributed by atoms with Gasteiger partial charge in [-0.1, -0.05) is 18.2 Å². The van der Waals surface area contributed by atoms with Gasteiger partial charge < -0.3 is 13.9 Å². The molecular weight excluding hydrogens is 460 g/mol. The molecule has 0 unspecified atom stereocenters. The molecule has 0 amide bonds. The van der Waals surface area contributed by atoms with Crippen LogP contribution in [0.1, 0.15) is 18.4 Å². The van der Waals surface area contributed by atoms with E-state index in [1.165, 1.54) is 15.6 Å². The fourth-order valence-electron chi connectivity index (χ4n) is 3.33. The van der Waals surface area contributed by atoms with E-state index in [1.807, 2.05) is 31.2 Å². The molecule has 2 aromatic heterocycles. The lowest BCUT2D eigenvalue weighted by Gasteiger charge is -2.23. The van der Waals surface area contributed by atoms with Gasteiger partial charge in [-0.15, -0.1) is 11.3 Å². The third-order valence-corrected chi connectivity index (χ3v) is 8.15. The molecular formula is C24H24N2O5S2. The van der Waals surface area contributed by atoms with Gasteiger partial charge >= 0.3 is 0 Å². The zero-order valence-electron chi connectivity index (χ0n) is 18.5. The molecule has 4 rings (SSSR count). The largest absolute Gasteiger partial charge is 0.497 e. The van der Waals surface area contributed by atoms with Crippen LogP contribution in [-0.4, -0.2) is 27.1 Å². The summed E-state index contributed by atoms with van der Waals surface area (Å²) in [5, 5.41) is 1.74. The van der Waals surface area contributed by atoms with Crippen LogP contribution in [0.15, 0.2) is 74.7 Å². The predicted molar refractivity (Wildman–Crippen MR) is 129 cm³/mol. The molecule has 0 bridgehead atoms. The van der Waals surface area contributed by atoms with E-state index in [1.54, 1.807) is 55.8 Å². The van der Waals surface area contributed by atoms with Crippen molar-refractivity contribution < 1.29 is 22.3 Å². The van der Waals surface area contributed by atoms with Crippen LogP contribution in [-0.2, 0) is 16.6 Å². The quantitative estimate of drug-likeness (QED) is 0.311. The van der Waals surface area contributed by atoms with E-state index in [4.69, 9.17) is 13.9 Å². The highest BCUT2D eigenvalue weighted by Gasteiger charge is 2.28. The number of aromatic nitrogens is 1. The maximum absolute atomic E-state index is 13.5. The number of rotatable bonds is 9. The Morgan fingerprint density at radius 2 is 1.82 bits per heavy atom. The van der Waals surface area contributed by atoms with E-state index in [0.29, 0.717) is 46.7 Å². The zero-order chi connectivity index (χ0) is 23.4. The highest BCUT2D eigenvalue weighted by molar-refractivity contribution is 7.94. The number of oxazole rings is 1. The lowest BCUT2D eigenvalue weighted by Crippen LogP contribution is -2.30. The Bertz CT molecular complexity index is 1310. The smallest absolute Gasteiger partial charge is 0.274 e. The number of benzene rings is 2. The Hall–Kier alpha value is -3.30. The molecule has 2 heterocycles. The van der Waals surface area contributed by atoms with E-state index in [-0.39, 0.29) is 10.8 Å². The average Bonchev–Trinajstić information content (AvgIpc) is 3.49. The van der Waals surface area contributed by atoms with Crippen molar-refractivity contribution >= 4 is 27.0 Å². The van der Waals surface area contributed by atoms with Crippen molar-refractivity contribution in [1.82, 2.24) is 4.98 Å². The average molecular weight is 485 g/mol. The number of sulfonamides is 1.